The van der Waals surface area contributed by atoms with Crippen LogP contribution in [0.1, 0.15) is 100 Å². The highest BCUT2D eigenvalue weighted by atomic mass is 32.1. The highest BCUT2D eigenvalue weighted by Crippen LogP contribution is 2.37. The van der Waals surface area contributed by atoms with E-state index in [0.717, 1.165) is 52.7 Å². The highest BCUT2D eigenvalue weighted by molar-refractivity contribution is 7.10. The third-order valence-electron chi connectivity index (χ3n) is 9.59. The van der Waals surface area contributed by atoms with E-state index in [0.29, 0.717) is 37.1 Å². The second-order valence-corrected chi connectivity index (χ2v) is 14.7. The Morgan fingerprint density at radius 1 is 0.980 bits per heavy atom. The molecule has 0 bridgehead atoms. The van der Waals surface area contributed by atoms with Gasteiger partial charge >= 0.3 is 6.09 Å². The van der Waals surface area contributed by atoms with Gasteiger partial charge in [-0.3, -0.25) is 0 Å². The molecule has 51 heavy (non-hydrogen) atoms. The van der Waals surface area contributed by atoms with Crippen LogP contribution < -0.4 is 14.8 Å². The average molecular weight is 716 g/mol. The maximum atomic E-state index is 12.5. The number of piperidine rings is 1. The van der Waals surface area contributed by atoms with Gasteiger partial charge in [-0.2, -0.15) is 0 Å². The Kier molecular flexibility index (Phi) is 14.8. The molecule has 5 rings (SSSR count). The van der Waals surface area contributed by atoms with E-state index in [1.165, 1.54) is 69.5 Å². The molecule has 0 saturated carbocycles. The van der Waals surface area contributed by atoms with Crippen molar-refractivity contribution in [2.45, 2.75) is 97.6 Å². The summed E-state index contributed by atoms with van der Waals surface area (Å²) in [6, 6.07) is 14.4. The van der Waals surface area contributed by atoms with Gasteiger partial charge in [-0.1, -0.05) is 63.3 Å². The maximum absolute atomic E-state index is 12.5. The Labute approximate surface area is 308 Å². The van der Waals surface area contributed by atoms with E-state index in [1.807, 2.05) is 31.2 Å². The molecule has 1 aliphatic rings. The molecule has 1 N–H and O–H groups in total. The summed E-state index contributed by atoms with van der Waals surface area (Å²) >= 11 is 1.70. The first-order valence-corrected chi connectivity index (χ1v) is 19.8. The molecule has 1 aliphatic heterocycles. The smallest absolute Gasteiger partial charge is 0.409 e. The van der Waals surface area contributed by atoms with Gasteiger partial charge in [0.15, 0.2) is 11.5 Å². The number of nitrogens with one attached hydrogen (secondary N) is 1. The fourth-order valence-electron chi connectivity index (χ4n) is 6.64. The van der Waals surface area contributed by atoms with Crippen molar-refractivity contribution in [1.82, 2.24) is 19.8 Å². The van der Waals surface area contributed by atoms with Crippen molar-refractivity contribution in [2.24, 2.45) is 0 Å². The standard InChI is InChI=1S/C41H57N5O4S/c1-6-7-23-50-41(47)45(4)28-32-18-12-13-19-34(32)33-25-39(51-29-33)30(2)42-40-35-26-37(48-5)38(27-36(35)43-31(3)44-40)49-24-17-10-8-9-14-20-46-21-15-11-16-22-46/h12-13,18-19,25-27,29-30H,6-11,14-17,20-24,28H2,1-5H3,(H,42,43,44)/t30-/m0/s1. The van der Waals surface area contributed by atoms with Gasteiger partial charge in [0.2, 0.25) is 0 Å². The molecule has 0 unspecified atom stereocenters. The summed E-state index contributed by atoms with van der Waals surface area (Å²) < 4.78 is 17.4. The summed E-state index contributed by atoms with van der Waals surface area (Å²) in [5, 5.41) is 6.72. The number of hydrogen-bond acceptors (Lipinski definition) is 9. The number of ether oxygens (including phenoxy) is 3. The summed E-state index contributed by atoms with van der Waals surface area (Å²) in [6.45, 7) is 11.5. The molecule has 0 spiro atoms. The van der Waals surface area contributed by atoms with E-state index in [-0.39, 0.29) is 12.1 Å². The number of methoxy groups -OCH3 is 1. The summed E-state index contributed by atoms with van der Waals surface area (Å²) in [6.07, 6.45) is 11.7. The summed E-state index contributed by atoms with van der Waals surface area (Å²) in [4.78, 5) is 27.5. The van der Waals surface area contributed by atoms with E-state index >= 15 is 0 Å². The van der Waals surface area contributed by atoms with Crippen LogP contribution in [0.2, 0.25) is 0 Å². The third kappa shape index (κ3) is 11.0. The van der Waals surface area contributed by atoms with Crippen molar-refractivity contribution in [3.8, 4) is 22.6 Å². The molecule has 2 aromatic carbocycles. The quantitative estimate of drug-likeness (QED) is 0.0960. The Bertz CT molecular complexity index is 1690. The molecule has 1 saturated heterocycles. The van der Waals surface area contributed by atoms with Crippen LogP contribution in [0.3, 0.4) is 0 Å². The first kappa shape index (κ1) is 38.3. The lowest BCUT2D eigenvalue weighted by molar-refractivity contribution is 0.108. The van der Waals surface area contributed by atoms with Gasteiger partial charge in [0.05, 0.1) is 31.9 Å². The molecule has 3 heterocycles. The topological polar surface area (TPSA) is 89.0 Å². The highest BCUT2D eigenvalue weighted by Gasteiger charge is 2.18. The van der Waals surface area contributed by atoms with Crippen molar-refractivity contribution >= 4 is 34.2 Å². The number of aryl methyl sites for hydroxylation is 1. The number of unbranched alkanes of at least 4 members (excludes halogenated alkanes) is 5. The Balaban J connectivity index is 1.19. The van der Waals surface area contributed by atoms with Gasteiger partial charge in [0.1, 0.15) is 11.6 Å². The average Bonchev–Trinajstić information content (AvgIpc) is 3.63. The molecule has 2 aromatic heterocycles. The van der Waals surface area contributed by atoms with Gasteiger partial charge < -0.3 is 29.3 Å². The van der Waals surface area contributed by atoms with E-state index in [4.69, 9.17) is 24.2 Å². The van der Waals surface area contributed by atoms with Crippen LogP contribution in [0.4, 0.5) is 10.6 Å². The number of amides is 1. The van der Waals surface area contributed by atoms with Crippen LogP contribution in [0.25, 0.3) is 22.0 Å². The van der Waals surface area contributed by atoms with E-state index in [1.54, 1.807) is 30.4 Å². The second kappa shape index (κ2) is 19.6. The van der Waals surface area contributed by atoms with E-state index < -0.39 is 0 Å². The van der Waals surface area contributed by atoms with Crippen LogP contribution in [-0.2, 0) is 11.3 Å². The van der Waals surface area contributed by atoms with Crippen LogP contribution in [0, 0.1) is 6.92 Å². The van der Waals surface area contributed by atoms with E-state index in [2.05, 4.69) is 47.6 Å². The summed E-state index contributed by atoms with van der Waals surface area (Å²) in [5.74, 6) is 2.85. The number of fused-ring (bicyclic) bond motifs is 1. The van der Waals surface area contributed by atoms with Crippen molar-refractivity contribution < 1.29 is 19.0 Å². The minimum absolute atomic E-state index is 0.00796. The van der Waals surface area contributed by atoms with E-state index in [9.17, 15) is 4.79 Å². The molecule has 276 valence electrons. The Morgan fingerprint density at radius 3 is 2.57 bits per heavy atom. The number of carbonyl (C=O) groups is 1. The number of likely N-dealkylation sites (tertiary alicyclic amines) is 1. The van der Waals surface area contributed by atoms with Crippen molar-refractivity contribution in [2.75, 3.05) is 52.3 Å². The first-order chi connectivity index (χ1) is 24.9. The van der Waals surface area contributed by atoms with Crippen molar-refractivity contribution in [1.29, 1.82) is 0 Å². The number of rotatable bonds is 19. The lowest BCUT2D eigenvalue weighted by atomic mass is 10.0. The number of carbonyl (C=O) groups excluding carboxylic acids is 1. The zero-order chi connectivity index (χ0) is 36.0. The lowest BCUT2D eigenvalue weighted by Gasteiger charge is -2.26. The fraction of sp³-hybridized carbons (Fsp3) is 0.537. The minimum Gasteiger partial charge on any atom is -0.493 e. The zero-order valence-corrected chi connectivity index (χ0v) is 32.2. The monoisotopic (exact) mass is 715 g/mol. The SMILES string of the molecule is CCCCOC(=O)N(C)Cc1ccccc1-c1csc([C@H](C)Nc2nc(C)nc3cc(OCCCCCCCN4CCCCC4)c(OC)cc23)c1. The summed E-state index contributed by atoms with van der Waals surface area (Å²) in [5.41, 5.74) is 4.12. The molecule has 1 fully saturated rings. The molecule has 0 radical (unpaired) electrons. The lowest BCUT2D eigenvalue weighted by Crippen LogP contribution is -2.30. The molecule has 10 heteroatoms. The zero-order valence-electron chi connectivity index (χ0n) is 31.3. The van der Waals surface area contributed by atoms with Crippen molar-refractivity contribution in [3.63, 3.8) is 0 Å². The predicted octanol–water partition coefficient (Wildman–Crippen LogP) is 10.0. The molecule has 9 nitrogen and oxygen atoms in total. The van der Waals surface area contributed by atoms with Gasteiger partial charge in [-0.05, 0) is 99.8 Å². The second-order valence-electron chi connectivity index (χ2n) is 13.7. The minimum atomic E-state index is -0.297. The number of thiophene rings is 1. The molecule has 4 aromatic rings. The van der Waals surface area contributed by atoms with Crippen molar-refractivity contribution in [3.05, 3.63) is 64.1 Å². The number of hydrogen-bond donors (Lipinski definition) is 1. The number of benzene rings is 2. The fourth-order valence-corrected chi connectivity index (χ4v) is 7.56. The van der Waals surface area contributed by atoms with Crippen LogP contribution in [0.5, 0.6) is 11.5 Å². The van der Waals surface area contributed by atoms with Crippen LogP contribution >= 0.6 is 11.3 Å². The third-order valence-corrected chi connectivity index (χ3v) is 10.7. The molecule has 0 aliphatic carbocycles. The molecule has 1 amide bonds. The Hall–Kier alpha value is -3.89. The largest absolute Gasteiger partial charge is 0.493 e. The molecular formula is C41H57N5O4S. The maximum Gasteiger partial charge on any atom is 0.409 e. The van der Waals surface area contributed by atoms with Crippen LogP contribution in [0.15, 0.2) is 47.8 Å². The Morgan fingerprint density at radius 2 is 1.76 bits per heavy atom. The normalized spacial score (nSPS) is 14.0. The first-order valence-electron chi connectivity index (χ1n) is 18.9. The molecular weight excluding hydrogens is 659 g/mol. The number of nitrogens with zero attached hydrogens (tertiary/aromatic N) is 4. The predicted molar refractivity (Wildman–Crippen MR) is 209 cm³/mol. The number of anilines is 1. The van der Waals surface area contributed by atoms with Crippen LogP contribution in [-0.4, -0.2) is 72.9 Å². The van der Waals surface area contributed by atoms with Gasteiger partial charge in [0, 0.05) is 29.9 Å². The summed E-state index contributed by atoms with van der Waals surface area (Å²) in [7, 11) is 3.47. The van der Waals surface area contributed by atoms with Gasteiger partial charge in [0.25, 0.3) is 0 Å². The molecule has 1 atom stereocenters. The van der Waals surface area contributed by atoms with Gasteiger partial charge in [-0.15, -0.1) is 11.3 Å². The van der Waals surface area contributed by atoms with Gasteiger partial charge in [-0.25, -0.2) is 14.8 Å². The number of aromatic nitrogens is 2.